The van der Waals surface area contributed by atoms with Gasteiger partial charge in [-0.05, 0) is 42.2 Å². The lowest BCUT2D eigenvalue weighted by Gasteiger charge is -2.19. The van der Waals surface area contributed by atoms with Gasteiger partial charge in [-0.25, -0.2) is 9.78 Å². The van der Waals surface area contributed by atoms with Crippen LogP contribution in [-0.4, -0.2) is 39.7 Å². The topological polar surface area (TPSA) is 135 Å². The Kier molecular flexibility index (Phi) is 9.65. The molecular weight excluding hydrogens is 474 g/mol. The summed E-state index contributed by atoms with van der Waals surface area (Å²) in [6, 6.07) is 13.5. The van der Waals surface area contributed by atoms with Gasteiger partial charge < -0.3 is 30.4 Å². The minimum atomic E-state index is -0.874. The molecule has 1 unspecified atom stereocenters. The lowest BCUT2D eigenvalue weighted by atomic mass is 10.0. The molecule has 3 amide bonds. The quantitative estimate of drug-likeness (QED) is 0.286. The third kappa shape index (κ3) is 8.68. The Labute approximate surface area is 216 Å². The average Bonchev–Trinajstić information content (AvgIpc) is 3.33. The fourth-order valence-corrected chi connectivity index (χ4v) is 3.80. The van der Waals surface area contributed by atoms with Gasteiger partial charge >= 0.3 is 12.0 Å². The van der Waals surface area contributed by atoms with Crippen LogP contribution >= 0.6 is 0 Å². The van der Waals surface area contributed by atoms with Gasteiger partial charge in [0.1, 0.15) is 5.75 Å². The molecule has 3 aromatic rings. The highest BCUT2D eigenvalue weighted by molar-refractivity contribution is 6.00. The zero-order valence-electron chi connectivity index (χ0n) is 21.2. The number of hydrogen-bond donors (Lipinski definition) is 4. The number of aryl methyl sites for hydroxylation is 1. The highest BCUT2D eigenvalue weighted by Gasteiger charge is 2.19. The van der Waals surface area contributed by atoms with Gasteiger partial charge in [-0.1, -0.05) is 38.1 Å². The molecule has 10 heteroatoms. The largest absolute Gasteiger partial charge is 0.495 e. The Morgan fingerprint density at radius 2 is 1.78 bits per heavy atom. The summed E-state index contributed by atoms with van der Waals surface area (Å²) in [5.41, 5.74) is 2.64. The number of carboxylic acids is 1. The van der Waals surface area contributed by atoms with Gasteiger partial charge in [0.25, 0.3) is 0 Å². The van der Waals surface area contributed by atoms with Crippen LogP contribution in [0, 0.1) is 5.92 Å². The molecule has 1 heterocycles. The smallest absolute Gasteiger partial charge is 0.323 e. The van der Waals surface area contributed by atoms with Crippen LogP contribution < -0.4 is 20.7 Å². The minimum Gasteiger partial charge on any atom is -0.495 e. The molecule has 10 nitrogen and oxygen atoms in total. The Morgan fingerprint density at radius 1 is 1.05 bits per heavy atom. The Morgan fingerprint density at radius 3 is 2.46 bits per heavy atom. The number of carbonyl (C=O) groups is 3. The van der Waals surface area contributed by atoms with Crippen LogP contribution in [0.5, 0.6) is 5.75 Å². The van der Waals surface area contributed by atoms with Crippen molar-refractivity contribution in [2.24, 2.45) is 5.92 Å². The van der Waals surface area contributed by atoms with Gasteiger partial charge in [-0.3, -0.25) is 9.59 Å². The van der Waals surface area contributed by atoms with Gasteiger partial charge in [0.2, 0.25) is 5.91 Å². The van der Waals surface area contributed by atoms with E-state index in [1.807, 2.05) is 6.07 Å². The summed E-state index contributed by atoms with van der Waals surface area (Å²) in [7, 11) is 1.54. The van der Waals surface area contributed by atoms with Crippen molar-refractivity contribution in [3.8, 4) is 5.75 Å². The van der Waals surface area contributed by atoms with E-state index >= 15 is 0 Å². The SMILES string of the molecule is COc1ccccc1NC(=O)Nc1ccc(CC(=O)NC(CC(C)C)c2cn(CCC(=O)O)cn2)cc1. The summed E-state index contributed by atoms with van der Waals surface area (Å²) < 4.78 is 6.96. The second-order valence-electron chi connectivity index (χ2n) is 9.08. The van der Waals surface area contributed by atoms with E-state index in [0.717, 1.165) is 5.56 Å². The number of anilines is 2. The van der Waals surface area contributed by atoms with Gasteiger partial charge in [0.05, 0.1) is 43.7 Å². The molecule has 2 aromatic carbocycles. The molecule has 1 atom stereocenters. The number of hydrogen-bond acceptors (Lipinski definition) is 5. The van der Waals surface area contributed by atoms with Gasteiger partial charge in [-0.15, -0.1) is 0 Å². The van der Waals surface area contributed by atoms with Crippen molar-refractivity contribution in [2.45, 2.75) is 45.7 Å². The molecule has 4 N–H and O–H groups in total. The average molecular weight is 508 g/mol. The van der Waals surface area contributed by atoms with Gasteiger partial charge in [0, 0.05) is 18.4 Å². The molecular formula is C27H33N5O5. The maximum Gasteiger partial charge on any atom is 0.323 e. The Balaban J connectivity index is 1.56. The molecule has 196 valence electrons. The van der Waals surface area contributed by atoms with Crippen LogP contribution in [0.1, 0.15) is 44.0 Å². The number of rotatable bonds is 12. The van der Waals surface area contributed by atoms with E-state index < -0.39 is 12.0 Å². The zero-order chi connectivity index (χ0) is 26.8. The van der Waals surface area contributed by atoms with E-state index in [-0.39, 0.29) is 24.8 Å². The molecule has 3 rings (SSSR count). The number of nitrogens with one attached hydrogen (secondary N) is 3. The second-order valence-corrected chi connectivity index (χ2v) is 9.08. The van der Waals surface area contributed by atoms with Gasteiger partial charge in [-0.2, -0.15) is 0 Å². The molecule has 0 radical (unpaired) electrons. The molecule has 0 saturated heterocycles. The van der Waals surface area contributed by atoms with E-state index in [2.05, 4.69) is 34.8 Å². The number of benzene rings is 2. The first-order valence-corrected chi connectivity index (χ1v) is 12.1. The van der Waals surface area contributed by atoms with Crippen molar-refractivity contribution < 1.29 is 24.2 Å². The van der Waals surface area contributed by atoms with Crippen molar-refractivity contribution in [1.82, 2.24) is 14.9 Å². The van der Waals surface area contributed by atoms with Crippen LogP contribution in [0.2, 0.25) is 0 Å². The second kappa shape index (κ2) is 13.1. The number of carbonyl (C=O) groups excluding carboxylic acids is 2. The lowest BCUT2D eigenvalue weighted by molar-refractivity contribution is -0.137. The number of aliphatic carboxylic acids is 1. The van der Waals surface area contributed by atoms with E-state index in [1.54, 1.807) is 59.6 Å². The highest BCUT2D eigenvalue weighted by Crippen LogP contribution is 2.23. The first-order valence-electron chi connectivity index (χ1n) is 12.1. The molecule has 1 aromatic heterocycles. The first kappa shape index (κ1) is 27.3. The van der Waals surface area contributed by atoms with E-state index in [0.29, 0.717) is 41.7 Å². The maximum absolute atomic E-state index is 12.8. The molecule has 0 spiro atoms. The van der Waals surface area contributed by atoms with E-state index in [9.17, 15) is 14.4 Å². The van der Waals surface area contributed by atoms with Crippen molar-refractivity contribution in [3.05, 3.63) is 72.3 Å². The molecule has 0 aliphatic rings. The summed E-state index contributed by atoms with van der Waals surface area (Å²) in [5.74, 6) is -0.149. The fourth-order valence-electron chi connectivity index (χ4n) is 3.80. The predicted octanol–water partition coefficient (Wildman–Crippen LogP) is 4.46. The summed E-state index contributed by atoms with van der Waals surface area (Å²) >= 11 is 0. The van der Waals surface area contributed by atoms with Crippen LogP contribution in [0.15, 0.2) is 61.1 Å². The Bertz CT molecular complexity index is 1210. The Hall–Kier alpha value is -4.34. The van der Waals surface area contributed by atoms with E-state index in [4.69, 9.17) is 9.84 Å². The number of imidazole rings is 1. The minimum absolute atomic E-state index is 0.00393. The summed E-state index contributed by atoms with van der Waals surface area (Å²) in [6.07, 6.45) is 4.25. The third-order valence-electron chi connectivity index (χ3n) is 5.57. The summed E-state index contributed by atoms with van der Waals surface area (Å²) in [5, 5.41) is 17.5. The highest BCUT2D eigenvalue weighted by atomic mass is 16.5. The zero-order valence-corrected chi connectivity index (χ0v) is 21.2. The molecule has 0 bridgehead atoms. The molecule has 37 heavy (non-hydrogen) atoms. The summed E-state index contributed by atoms with van der Waals surface area (Å²) in [6.45, 7) is 4.45. The number of methoxy groups -OCH3 is 1. The fraction of sp³-hybridized carbons (Fsp3) is 0.333. The normalized spacial score (nSPS) is 11.6. The molecule has 0 aliphatic heterocycles. The maximum atomic E-state index is 12.8. The van der Waals surface area contributed by atoms with Crippen LogP contribution in [-0.2, 0) is 22.6 Å². The van der Waals surface area contributed by atoms with Crippen LogP contribution in [0.4, 0.5) is 16.2 Å². The number of para-hydroxylation sites is 2. The van der Waals surface area contributed by atoms with Crippen LogP contribution in [0.25, 0.3) is 0 Å². The van der Waals surface area contributed by atoms with Crippen molar-refractivity contribution in [2.75, 3.05) is 17.7 Å². The molecule has 0 aliphatic carbocycles. The number of urea groups is 1. The monoisotopic (exact) mass is 507 g/mol. The standard InChI is InChI=1S/C27H33N5O5/c1-18(2)14-22(23-16-32(17-28-23)13-12-26(34)35)30-25(33)15-19-8-10-20(11-9-19)29-27(36)31-21-6-4-5-7-24(21)37-3/h4-11,16-18,22H,12-15H2,1-3H3,(H,30,33)(H,34,35)(H2,29,31,36). The van der Waals surface area contributed by atoms with Crippen LogP contribution in [0.3, 0.4) is 0 Å². The number of carboxylic acid groups (broad SMARTS) is 1. The number of aromatic nitrogens is 2. The molecule has 0 saturated carbocycles. The van der Waals surface area contributed by atoms with Crippen molar-refractivity contribution in [3.63, 3.8) is 0 Å². The predicted molar refractivity (Wildman–Crippen MR) is 141 cm³/mol. The lowest BCUT2D eigenvalue weighted by Crippen LogP contribution is -2.31. The van der Waals surface area contributed by atoms with Crippen molar-refractivity contribution >= 4 is 29.3 Å². The van der Waals surface area contributed by atoms with E-state index in [1.165, 1.54) is 7.11 Å². The third-order valence-corrected chi connectivity index (χ3v) is 5.57. The number of nitrogens with zero attached hydrogens (tertiary/aromatic N) is 2. The number of amides is 3. The molecule has 0 fully saturated rings. The van der Waals surface area contributed by atoms with Gasteiger partial charge in [0.15, 0.2) is 0 Å². The summed E-state index contributed by atoms with van der Waals surface area (Å²) in [4.78, 5) is 40.4. The number of ether oxygens (including phenoxy) is 1. The van der Waals surface area contributed by atoms with Crippen molar-refractivity contribution in [1.29, 1.82) is 0 Å². The first-order chi connectivity index (χ1) is 17.7.